The maximum Gasteiger partial charge on any atom is 0.316 e. The number of benzene rings is 1. The van der Waals surface area contributed by atoms with Gasteiger partial charge in [0.2, 0.25) is 9.84 Å². The second-order valence-electron chi connectivity index (χ2n) is 5.38. The Labute approximate surface area is 126 Å². The Morgan fingerprint density at radius 3 is 2.95 bits per heavy atom. The van der Waals surface area contributed by atoms with Gasteiger partial charge >= 0.3 is 5.22 Å². The Kier molecular flexibility index (Phi) is 3.83. The van der Waals surface area contributed by atoms with Crippen LogP contribution in [0.4, 0.5) is 5.69 Å². The molecule has 0 unspecified atom stereocenters. The second kappa shape index (κ2) is 5.65. The quantitative estimate of drug-likeness (QED) is 0.669. The van der Waals surface area contributed by atoms with Crippen LogP contribution < -0.4 is 5.32 Å². The molecule has 1 saturated heterocycles. The van der Waals surface area contributed by atoms with Crippen LogP contribution in [0.2, 0.25) is 0 Å². The van der Waals surface area contributed by atoms with Crippen LogP contribution in [-0.4, -0.2) is 37.2 Å². The Hall–Kier alpha value is -2.00. The van der Waals surface area contributed by atoms with Crippen LogP contribution in [0.25, 0.3) is 11.1 Å². The maximum atomic E-state index is 12.4. The molecule has 0 radical (unpaired) electrons. The van der Waals surface area contributed by atoms with Crippen molar-refractivity contribution in [3.63, 3.8) is 0 Å². The largest absolute Gasteiger partial charge is 0.428 e. The number of aromatic nitrogens is 1. The van der Waals surface area contributed by atoms with E-state index in [0.717, 1.165) is 19.4 Å². The molecule has 1 fully saturated rings. The molecule has 3 rings (SSSR count). The van der Waals surface area contributed by atoms with Crippen molar-refractivity contribution in [3.05, 3.63) is 28.3 Å². The fourth-order valence-electron chi connectivity index (χ4n) is 2.59. The molecule has 0 saturated carbocycles. The Morgan fingerprint density at radius 1 is 1.45 bits per heavy atom. The zero-order chi connectivity index (χ0) is 15.7. The van der Waals surface area contributed by atoms with Crippen molar-refractivity contribution < 1.29 is 17.8 Å². The average Bonchev–Trinajstić information content (AvgIpc) is 2.91. The van der Waals surface area contributed by atoms with Gasteiger partial charge in [-0.3, -0.25) is 10.1 Å². The topological polar surface area (TPSA) is 115 Å². The summed E-state index contributed by atoms with van der Waals surface area (Å²) in [6, 6.07) is 3.83. The van der Waals surface area contributed by atoms with E-state index in [0.29, 0.717) is 6.54 Å². The predicted octanol–water partition coefficient (Wildman–Crippen LogP) is 1.51. The summed E-state index contributed by atoms with van der Waals surface area (Å²) < 4.78 is 30.0. The standard InChI is InChI=1S/C13H15N3O5S/c17-16(18)10-3-4-12-11(6-10)15-13(21-12)22(19,20)8-9-2-1-5-14-7-9/h3-4,6,9,14H,1-2,5,7-8H2/t9-/m1/s1. The Morgan fingerprint density at radius 2 is 2.27 bits per heavy atom. The molecule has 1 aliphatic rings. The average molecular weight is 325 g/mol. The number of nitrogens with one attached hydrogen (secondary N) is 1. The molecule has 22 heavy (non-hydrogen) atoms. The van der Waals surface area contributed by atoms with Gasteiger partial charge in [-0.1, -0.05) is 0 Å². The fourth-order valence-corrected chi connectivity index (χ4v) is 4.09. The second-order valence-corrected chi connectivity index (χ2v) is 7.29. The van der Waals surface area contributed by atoms with Gasteiger partial charge in [0.15, 0.2) is 5.58 Å². The monoisotopic (exact) mass is 325 g/mol. The minimum atomic E-state index is -3.64. The van der Waals surface area contributed by atoms with Crippen LogP contribution in [0.1, 0.15) is 12.8 Å². The number of piperidine rings is 1. The summed E-state index contributed by atoms with van der Waals surface area (Å²) in [7, 11) is -3.64. The summed E-state index contributed by atoms with van der Waals surface area (Å²) >= 11 is 0. The molecule has 1 aromatic carbocycles. The zero-order valence-electron chi connectivity index (χ0n) is 11.7. The number of hydrogen-bond acceptors (Lipinski definition) is 7. The third kappa shape index (κ3) is 2.95. The number of nitro benzene ring substituents is 1. The van der Waals surface area contributed by atoms with Gasteiger partial charge in [-0.05, 0) is 37.9 Å². The molecule has 0 bridgehead atoms. The highest BCUT2D eigenvalue weighted by atomic mass is 32.2. The summed E-state index contributed by atoms with van der Waals surface area (Å²) in [6.07, 6.45) is 1.79. The lowest BCUT2D eigenvalue weighted by atomic mass is 10.0. The van der Waals surface area contributed by atoms with Gasteiger partial charge in [0, 0.05) is 12.1 Å². The molecule has 2 heterocycles. The fraction of sp³-hybridized carbons (Fsp3) is 0.462. The van der Waals surface area contributed by atoms with Crippen LogP contribution >= 0.6 is 0 Å². The number of hydrogen-bond donors (Lipinski definition) is 1. The van der Waals surface area contributed by atoms with Crippen LogP contribution in [0.15, 0.2) is 27.8 Å². The molecule has 118 valence electrons. The molecule has 9 heteroatoms. The third-order valence-electron chi connectivity index (χ3n) is 3.68. The molecule has 8 nitrogen and oxygen atoms in total. The van der Waals surface area contributed by atoms with E-state index in [1.54, 1.807) is 0 Å². The number of nitro groups is 1. The predicted molar refractivity (Wildman–Crippen MR) is 78.3 cm³/mol. The highest BCUT2D eigenvalue weighted by Gasteiger charge is 2.27. The number of fused-ring (bicyclic) bond motifs is 1. The van der Waals surface area contributed by atoms with Crippen molar-refractivity contribution in [1.82, 2.24) is 10.3 Å². The van der Waals surface area contributed by atoms with Crippen molar-refractivity contribution >= 4 is 26.6 Å². The molecule has 0 aliphatic carbocycles. The van der Waals surface area contributed by atoms with E-state index in [2.05, 4.69) is 10.3 Å². The van der Waals surface area contributed by atoms with E-state index in [4.69, 9.17) is 4.42 Å². The highest BCUT2D eigenvalue weighted by molar-refractivity contribution is 7.91. The first-order valence-electron chi connectivity index (χ1n) is 6.94. The summed E-state index contributed by atoms with van der Waals surface area (Å²) in [5.74, 6) is -0.00218. The number of nitrogens with zero attached hydrogens (tertiary/aromatic N) is 2. The van der Waals surface area contributed by atoms with Crippen molar-refractivity contribution in [3.8, 4) is 0 Å². The molecule has 0 amide bonds. The van der Waals surface area contributed by atoms with Gasteiger partial charge in [0.1, 0.15) is 5.52 Å². The molecular weight excluding hydrogens is 310 g/mol. The van der Waals surface area contributed by atoms with Crippen LogP contribution in [0.5, 0.6) is 0 Å². The number of sulfone groups is 1. The summed E-state index contributed by atoms with van der Waals surface area (Å²) in [6.45, 7) is 1.56. The van der Waals surface area contributed by atoms with Crippen LogP contribution in [0, 0.1) is 16.0 Å². The first-order chi connectivity index (χ1) is 10.5. The van der Waals surface area contributed by atoms with E-state index >= 15 is 0 Å². The maximum absolute atomic E-state index is 12.4. The van der Waals surface area contributed by atoms with Crippen LogP contribution in [-0.2, 0) is 9.84 Å². The van der Waals surface area contributed by atoms with Crippen LogP contribution in [0.3, 0.4) is 0 Å². The van der Waals surface area contributed by atoms with Gasteiger partial charge < -0.3 is 9.73 Å². The van der Waals surface area contributed by atoms with E-state index in [1.165, 1.54) is 18.2 Å². The first kappa shape index (κ1) is 14.9. The van der Waals surface area contributed by atoms with Gasteiger partial charge in [-0.25, -0.2) is 8.42 Å². The van der Waals surface area contributed by atoms with Crippen molar-refractivity contribution in [2.75, 3.05) is 18.8 Å². The number of non-ortho nitro benzene ring substituents is 1. The van der Waals surface area contributed by atoms with Crippen molar-refractivity contribution in [2.24, 2.45) is 5.92 Å². The first-order valence-corrected chi connectivity index (χ1v) is 8.59. The SMILES string of the molecule is O=[N+]([O-])c1ccc2oc(S(=O)(=O)C[C@@H]3CCCNC3)nc2c1. The lowest BCUT2D eigenvalue weighted by Crippen LogP contribution is -2.33. The molecule has 0 spiro atoms. The van der Waals surface area contributed by atoms with Gasteiger partial charge in [-0.2, -0.15) is 4.98 Å². The Balaban J connectivity index is 1.89. The molecular formula is C13H15N3O5S. The highest BCUT2D eigenvalue weighted by Crippen LogP contribution is 2.25. The van der Waals surface area contributed by atoms with Crippen molar-refractivity contribution in [2.45, 2.75) is 18.1 Å². The van der Waals surface area contributed by atoms with E-state index in [-0.39, 0.29) is 33.7 Å². The molecule has 1 atom stereocenters. The minimum absolute atomic E-state index is 0.0306. The van der Waals surface area contributed by atoms with E-state index < -0.39 is 14.8 Å². The lowest BCUT2D eigenvalue weighted by molar-refractivity contribution is -0.384. The Bertz CT molecular complexity index is 808. The number of oxazole rings is 1. The van der Waals surface area contributed by atoms with E-state index in [9.17, 15) is 18.5 Å². The van der Waals surface area contributed by atoms with Crippen molar-refractivity contribution in [1.29, 1.82) is 0 Å². The minimum Gasteiger partial charge on any atom is -0.428 e. The van der Waals surface area contributed by atoms with E-state index in [1.807, 2.05) is 0 Å². The smallest absolute Gasteiger partial charge is 0.316 e. The lowest BCUT2D eigenvalue weighted by Gasteiger charge is -2.21. The summed E-state index contributed by atoms with van der Waals surface area (Å²) in [4.78, 5) is 14.1. The normalized spacial score (nSPS) is 19.4. The zero-order valence-corrected chi connectivity index (χ0v) is 12.5. The molecule has 1 aliphatic heterocycles. The van der Waals surface area contributed by atoms with Gasteiger partial charge in [-0.15, -0.1) is 0 Å². The van der Waals surface area contributed by atoms with Gasteiger partial charge in [0.25, 0.3) is 5.69 Å². The summed E-state index contributed by atoms with van der Waals surface area (Å²) in [5, 5.41) is 13.5. The van der Waals surface area contributed by atoms with Gasteiger partial charge in [0.05, 0.1) is 10.7 Å². The molecule has 1 aromatic heterocycles. The molecule has 1 N–H and O–H groups in total. The third-order valence-corrected chi connectivity index (χ3v) is 5.30. The molecule has 2 aromatic rings. The number of rotatable bonds is 4. The summed E-state index contributed by atoms with van der Waals surface area (Å²) in [5.41, 5.74) is 0.252.